The maximum absolute atomic E-state index is 13.9. The van der Waals surface area contributed by atoms with Crippen LogP contribution in [0.2, 0.25) is 0 Å². The van der Waals surface area contributed by atoms with Crippen molar-refractivity contribution >= 4 is 11.8 Å². The van der Waals surface area contributed by atoms with Crippen LogP contribution < -0.4 is 5.32 Å². The van der Waals surface area contributed by atoms with E-state index in [0.29, 0.717) is 18.9 Å². The Balaban J connectivity index is 1.75. The molecule has 3 rings (SSSR count). The second-order valence-electron chi connectivity index (χ2n) is 11.6. The number of nitrogens with one attached hydrogen (secondary N) is 1. The average Bonchev–Trinajstić information content (AvgIpc) is 3.29. The number of amides is 2. The van der Waals surface area contributed by atoms with Gasteiger partial charge >= 0.3 is 0 Å². The van der Waals surface area contributed by atoms with Crippen LogP contribution in [-0.4, -0.2) is 73.1 Å². The van der Waals surface area contributed by atoms with Crippen molar-refractivity contribution in [3.8, 4) is 0 Å². The van der Waals surface area contributed by atoms with E-state index in [9.17, 15) is 9.59 Å². The molecule has 0 aromatic carbocycles. The Hall–Kier alpha value is -1.14. The van der Waals surface area contributed by atoms with E-state index in [4.69, 9.17) is 4.74 Å². The minimum atomic E-state index is -0.421. The Kier molecular flexibility index (Phi) is 10.7. The van der Waals surface area contributed by atoms with Gasteiger partial charge in [-0.25, -0.2) is 0 Å². The minimum absolute atomic E-state index is 0.103. The number of likely N-dealkylation sites (tertiary alicyclic amines) is 1. The first-order valence-corrected chi connectivity index (χ1v) is 14.3. The molecular weight excluding hydrogens is 426 g/mol. The number of hydrogen-bond acceptors (Lipinski definition) is 4. The molecule has 196 valence electrons. The molecule has 3 aliphatic rings. The first-order valence-electron chi connectivity index (χ1n) is 14.3. The molecule has 1 unspecified atom stereocenters. The summed E-state index contributed by atoms with van der Waals surface area (Å²) < 4.78 is 6.00. The Morgan fingerprint density at radius 1 is 1.00 bits per heavy atom. The fourth-order valence-electron chi connectivity index (χ4n) is 6.23. The third-order valence-corrected chi connectivity index (χ3v) is 8.69. The van der Waals surface area contributed by atoms with E-state index >= 15 is 0 Å². The standard InChI is InChI=1S/C28H51N3O3/c1-5-23(6-2)20-30-16-13-28(14-17-30)12-8-7-9-18-34-21-24-11-10-15-31(24)26(32)25(19-22(3)4)29-27(28)33/h22-25H,5-21H2,1-4H3,(H,29,33)/t24-,25?/m0/s1. The van der Waals surface area contributed by atoms with Crippen molar-refractivity contribution in [3.05, 3.63) is 0 Å². The van der Waals surface area contributed by atoms with E-state index in [-0.39, 0.29) is 23.3 Å². The fourth-order valence-corrected chi connectivity index (χ4v) is 6.23. The molecule has 0 aromatic heterocycles. The third kappa shape index (κ3) is 7.19. The number of fused-ring (bicyclic) bond motifs is 1. The summed E-state index contributed by atoms with van der Waals surface area (Å²) in [6, 6.07) is -0.264. The molecule has 34 heavy (non-hydrogen) atoms. The number of nitrogens with zero attached hydrogens (tertiary/aromatic N) is 2. The minimum Gasteiger partial charge on any atom is -0.379 e. The zero-order valence-corrected chi connectivity index (χ0v) is 22.4. The molecule has 3 heterocycles. The van der Waals surface area contributed by atoms with Crippen LogP contribution in [0.3, 0.4) is 0 Å². The lowest BCUT2D eigenvalue weighted by molar-refractivity contribution is -0.143. The topological polar surface area (TPSA) is 61.9 Å². The number of carbonyl (C=O) groups excluding carboxylic acids is 2. The first-order chi connectivity index (χ1) is 16.4. The quantitative estimate of drug-likeness (QED) is 0.606. The monoisotopic (exact) mass is 477 g/mol. The lowest BCUT2D eigenvalue weighted by Crippen LogP contribution is -2.56. The van der Waals surface area contributed by atoms with Crippen LogP contribution in [0.5, 0.6) is 0 Å². The Morgan fingerprint density at radius 2 is 1.74 bits per heavy atom. The van der Waals surface area contributed by atoms with Gasteiger partial charge in [0.25, 0.3) is 0 Å². The van der Waals surface area contributed by atoms with Crippen molar-refractivity contribution in [2.24, 2.45) is 17.3 Å². The molecule has 1 N–H and O–H groups in total. The largest absolute Gasteiger partial charge is 0.379 e. The second kappa shape index (κ2) is 13.2. The van der Waals surface area contributed by atoms with E-state index in [1.165, 1.54) is 12.8 Å². The van der Waals surface area contributed by atoms with Crippen LogP contribution in [0.15, 0.2) is 0 Å². The summed E-state index contributed by atoms with van der Waals surface area (Å²) in [5, 5.41) is 3.31. The molecule has 0 aromatic rings. The van der Waals surface area contributed by atoms with Crippen LogP contribution >= 0.6 is 0 Å². The number of ether oxygens (including phenoxy) is 1. The van der Waals surface area contributed by atoms with Gasteiger partial charge in [0.15, 0.2) is 0 Å². The summed E-state index contributed by atoms with van der Waals surface area (Å²) in [4.78, 5) is 32.1. The molecule has 6 heteroatoms. The number of rotatable bonds is 6. The highest BCUT2D eigenvalue weighted by atomic mass is 16.5. The Labute approximate surface area is 208 Å². The molecule has 6 nitrogen and oxygen atoms in total. The van der Waals surface area contributed by atoms with Crippen molar-refractivity contribution in [3.63, 3.8) is 0 Å². The third-order valence-electron chi connectivity index (χ3n) is 8.69. The van der Waals surface area contributed by atoms with Gasteiger partial charge in [0.2, 0.25) is 11.8 Å². The number of carbonyl (C=O) groups is 2. The second-order valence-corrected chi connectivity index (χ2v) is 11.6. The molecule has 0 radical (unpaired) electrons. The van der Waals surface area contributed by atoms with Gasteiger partial charge in [0.05, 0.1) is 18.1 Å². The zero-order chi connectivity index (χ0) is 24.6. The zero-order valence-electron chi connectivity index (χ0n) is 22.4. The number of hydrogen-bond donors (Lipinski definition) is 1. The van der Waals surface area contributed by atoms with E-state index in [0.717, 1.165) is 90.1 Å². The van der Waals surface area contributed by atoms with Crippen molar-refractivity contribution < 1.29 is 14.3 Å². The van der Waals surface area contributed by atoms with Gasteiger partial charge in [-0.3, -0.25) is 9.59 Å². The van der Waals surface area contributed by atoms with Gasteiger partial charge in [-0.05, 0) is 69.9 Å². The summed E-state index contributed by atoms with van der Waals surface area (Å²) in [5.74, 6) is 1.33. The summed E-state index contributed by atoms with van der Waals surface area (Å²) in [5.41, 5.74) is -0.338. The van der Waals surface area contributed by atoms with Crippen LogP contribution in [-0.2, 0) is 14.3 Å². The van der Waals surface area contributed by atoms with Gasteiger partial charge in [-0.1, -0.05) is 53.4 Å². The van der Waals surface area contributed by atoms with Crippen molar-refractivity contribution in [1.29, 1.82) is 0 Å². The van der Waals surface area contributed by atoms with Crippen LogP contribution in [0.25, 0.3) is 0 Å². The maximum atomic E-state index is 13.9. The van der Waals surface area contributed by atoms with Crippen LogP contribution in [0, 0.1) is 17.3 Å². The predicted octanol–water partition coefficient (Wildman–Crippen LogP) is 4.62. The fraction of sp³-hybridized carbons (Fsp3) is 0.929. The lowest BCUT2D eigenvalue weighted by Gasteiger charge is -2.42. The molecule has 0 aliphatic carbocycles. The first kappa shape index (κ1) is 27.4. The van der Waals surface area contributed by atoms with E-state index < -0.39 is 6.04 Å². The van der Waals surface area contributed by atoms with Crippen molar-refractivity contribution in [2.75, 3.05) is 39.4 Å². The SMILES string of the molecule is CCC(CC)CN1CCC2(CCCCCOC[C@@H]3CCCN3C(=O)C(CC(C)C)NC2=O)CC1. The van der Waals surface area contributed by atoms with Crippen LogP contribution in [0.4, 0.5) is 0 Å². The highest BCUT2D eigenvalue weighted by Crippen LogP contribution is 2.38. The van der Waals surface area contributed by atoms with E-state index in [2.05, 4.69) is 37.9 Å². The summed E-state index contributed by atoms with van der Waals surface area (Å²) >= 11 is 0. The average molecular weight is 478 g/mol. The molecule has 3 fully saturated rings. The van der Waals surface area contributed by atoms with Gasteiger partial charge in [0.1, 0.15) is 6.04 Å². The molecule has 2 amide bonds. The Bertz CT molecular complexity index is 641. The normalized spacial score (nSPS) is 27.8. The molecule has 1 spiro atoms. The molecule has 3 aliphatic heterocycles. The molecule has 0 saturated carbocycles. The predicted molar refractivity (Wildman–Crippen MR) is 138 cm³/mol. The summed E-state index contributed by atoms with van der Waals surface area (Å²) in [6.07, 6.45) is 11.1. The smallest absolute Gasteiger partial charge is 0.245 e. The Morgan fingerprint density at radius 3 is 2.41 bits per heavy atom. The van der Waals surface area contributed by atoms with E-state index in [1.54, 1.807) is 0 Å². The molecule has 2 atom stereocenters. The summed E-state index contributed by atoms with van der Waals surface area (Å²) in [6.45, 7) is 14.1. The van der Waals surface area contributed by atoms with Gasteiger partial charge in [-0.15, -0.1) is 0 Å². The van der Waals surface area contributed by atoms with Crippen molar-refractivity contribution in [2.45, 2.75) is 110 Å². The van der Waals surface area contributed by atoms with E-state index in [1.807, 2.05) is 4.90 Å². The van der Waals surface area contributed by atoms with Crippen molar-refractivity contribution in [1.82, 2.24) is 15.1 Å². The molecule has 3 saturated heterocycles. The van der Waals surface area contributed by atoms with Gasteiger partial charge in [-0.2, -0.15) is 0 Å². The number of piperidine rings is 1. The highest BCUT2D eigenvalue weighted by Gasteiger charge is 2.43. The maximum Gasteiger partial charge on any atom is 0.245 e. The van der Waals surface area contributed by atoms with Gasteiger partial charge in [0, 0.05) is 19.7 Å². The lowest BCUT2D eigenvalue weighted by atomic mass is 9.73. The molecular formula is C28H51N3O3. The van der Waals surface area contributed by atoms with Crippen LogP contribution in [0.1, 0.15) is 98.3 Å². The highest BCUT2D eigenvalue weighted by molar-refractivity contribution is 5.90. The molecule has 0 bridgehead atoms. The summed E-state index contributed by atoms with van der Waals surface area (Å²) in [7, 11) is 0. The van der Waals surface area contributed by atoms with Gasteiger partial charge < -0.3 is 19.9 Å².